The summed E-state index contributed by atoms with van der Waals surface area (Å²) in [4.78, 5) is 0. The van der Waals surface area contributed by atoms with Gasteiger partial charge >= 0.3 is 8.80 Å². The van der Waals surface area contributed by atoms with E-state index in [0.29, 0.717) is 19.8 Å². The highest BCUT2D eigenvalue weighted by atomic mass is 28.4. The molecule has 0 aromatic heterocycles. The van der Waals surface area contributed by atoms with Gasteiger partial charge in [0.2, 0.25) is 0 Å². The van der Waals surface area contributed by atoms with Crippen molar-refractivity contribution in [3.8, 4) is 5.75 Å². The summed E-state index contributed by atoms with van der Waals surface area (Å²) in [5.74, 6) is 0.816. The minimum absolute atomic E-state index is 0.558. The zero-order valence-corrected chi connectivity index (χ0v) is 13.7. The molecule has 4 nitrogen and oxygen atoms in total. The lowest BCUT2D eigenvalue weighted by Crippen LogP contribution is -2.44. The average Bonchev–Trinajstić information content (AvgIpc) is 2.46. The molecule has 0 spiro atoms. The molecule has 1 rings (SSSR count). The standard InChI is InChI=1S/C15H24O4Si/c1-5-17-20(18-6-2,19-7-3)13-12-14-10-8-9-11-15(14)16-4/h8-13H,5-7H2,1-4H3/b13-12+. The molecule has 112 valence electrons. The summed E-state index contributed by atoms with van der Waals surface area (Å²) in [6.07, 6.45) is 1.95. The highest BCUT2D eigenvalue weighted by Gasteiger charge is 2.37. The van der Waals surface area contributed by atoms with Crippen LogP contribution >= 0.6 is 0 Å². The van der Waals surface area contributed by atoms with Gasteiger partial charge in [0.1, 0.15) is 5.75 Å². The highest BCUT2D eigenvalue weighted by molar-refractivity contribution is 6.67. The quantitative estimate of drug-likeness (QED) is 0.655. The Labute approximate surface area is 122 Å². The van der Waals surface area contributed by atoms with Gasteiger partial charge in [-0.2, -0.15) is 0 Å². The first kappa shape index (κ1) is 16.9. The van der Waals surface area contributed by atoms with Crippen LogP contribution in [0, 0.1) is 0 Å². The van der Waals surface area contributed by atoms with E-state index in [4.69, 9.17) is 18.0 Å². The molecule has 0 amide bonds. The van der Waals surface area contributed by atoms with Crippen molar-refractivity contribution < 1.29 is 18.0 Å². The lowest BCUT2D eigenvalue weighted by molar-refractivity contribution is 0.0845. The molecule has 0 fully saturated rings. The smallest absolute Gasteiger partial charge is 0.496 e. The predicted octanol–water partition coefficient (Wildman–Crippen LogP) is 3.30. The summed E-state index contributed by atoms with van der Waals surface area (Å²) in [6.45, 7) is 7.50. The maximum atomic E-state index is 5.77. The Morgan fingerprint density at radius 1 is 0.950 bits per heavy atom. The molecule has 0 aliphatic heterocycles. The van der Waals surface area contributed by atoms with Crippen molar-refractivity contribution in [3.05, 3.63) is 35.5 Å². The van der Waals surface area contributed by atoms with Crippen LogP contribution in [0.4, 0.5) is 0 Å². The fraction of sp³-hybridized carbons (Fsp3) is 0.467. The van der Waals surface area contributed by atoms with E-state index in [0.717, 1.165) is 11.3 Å². The molecular weight excluding hydrogens is 272 g/mol. The minimum atomic E-state index is -2.75. The van der Waals surface area contributed by atoms with Crippen molar-refractivity contribution in [1.82, 2.24) is 0 Å². The molecule has 0 aliphatic rings. The summed E-state index contributed by atoms with van der Waals surface area (Å²) in [6, 6.07) is 7.81. The summed E-state index contributed by atoms with van der Waals surface area (Å²) < 4.78 is 22.6. The zero-order chi connectivity index (χ0) is 14.8. The first-order valence-corrected chi connectivity index (χ1v) is 8.75. The van der Waals surface area contributed by atoms with Gasteiger partial charge in [-0.1, -0.05) is 24.3 Å². The molecule has 0 saturated heterocycles. The van der Waals surface area contributed by atoms with Gasteiger partial charge in [0.25, 0.3) is 0 Å². The minimum Gasteiger partial charge on any atom is -0.496 e. The number of para-hydroxylation sites is 1. The fourth-order valence-corrected chi connectivity index (χ4v) is 4.00. The topological polar surface area (TPSA) is 36.9 Å². The van der Waals surface area contributed by atoms with E-state index < -0.39 is 8.80 Å². The van der Waals surface area contributed by atoms with Gasteiger partial charge in [0.05, 0.1) is 7.11 Å². The summed E-state index contributed by atoms with van der Waals surface area (Å²) >= 11 is 0. The van der Waals surface area contributed by atoms with Crippen LogP contribution in [-0.2, 0) is 13.3 Å². The first-order valence-electron chi connectivity index (χ1n) is 6.95. The number of benzene rings is 1. The molecule has 1 aromatic rings. The monoisotopic (exact) mass is 296 g/mol. The Morgan fingerprint density at radius 2 is 1.50 bits per heavy atom. The Balaban J connectivity index is 3.00. The van der Waals surface area contributed by atoms with E-state index in [2.05, 4.69) is 0 Å². The van der Waals surface area contributed by atoms with E-state index >= 15 is 0 Å². The second-order valence-corrected chi connectivity index (χ2v) is 6.38. The van der Waals surface area contributed by atoms with E-state index in [1.54, 1.807) is 7.11 Å². The third kappa shape index (κ3) is 4.75. The third-order valence-corrected chi connectivity index (χ3v) is 5.29. The van der Waals surface area contributed by atoms with E-state index in [1.165, 1.54) is 0 Å². The summed E-state index contributed by atoms with van der Waals surface area (Å²) in [5.41, 5.74) is 2.90. The number of hydrogen-bond donors (Lipinski definition) is 0. The summed E-state index contributed by atoms with van der Waals surface area (Å²) in [7, 11) is -1.09. The molecule has 0 radical (unpaired) electrons. The molecule has 20 heavy (non-hydrogen) atoms. The zero-order valence-electron chi connectivity index (χ0n) is 12.7. The molecule has 0 atom stereocenters. The molecule has 0 N–H and O–H groups in total. The molecule has 1 aromatic carbocycles. The predicted molar refractivity (Wildman–Crippen MR) is 82.7 cm³/mol. The lowest BCUT2D eigenvalue weighted by Gasteiger charge is -2.25. The normalized spacial score (nSPS) is 12.0. The number of hydrogen-bond acceptors (Lipinski definition) is 4. The van der Waals surface area contributed by atoms with Crippen molar-refractivity contribution >= 4 is 14.9 Å². The average molecular weight is 296 g/mol. The fourth-order valence-electron chi connectivity index (χ4n) is 1.87. The Morgan fingerprint density at radius 3 is 2.00 bits per heavy atom. The number of methoxy groups -OCH3 is 1. The van der Waals surface area contributed by atoms with Crippen LogP contribution in [0.1, 0.15) is 26.3 Å². The molecule has 0 unspecified atom stereocenters. The maximum absolute atomic E-state index is 5.77. The van der Waals surface area contributed by atoms with Gasteiger partial charge in [-0.15, -0.1) is 0 Å². The second-order valence-electron chi connectivity index (χ2n) is 3.98. The molecule has 0 bridgehead atoms. The van der Waals surface area contributed by atoms with Crippen LogP contribution in [0.5, 0.6) is 5.75 Å². The Kier molecular flexibility index (Phi) is 7.54. The van der Waals surface area contributed by atoms with Crippen molar-refractivity contribution in [2.24, 2.45) is 0 Å². The third-order valence-electron chi connectivity index (χ3n) is 2.64. The molecule has 0 aliphatic carbocycles. The van der Waals surface area contributed by atoms with Gasteiger partial charge in [-0.25, -0.2) is 0 Å². The van der Waals surface area contributed by atoms with Crippen LogP contribution in [0.25, 0.3) is 6.08 Å². The maximum Gasteiger partial charge on any atom is 0.529 e. The van der Waals surface area contributed by atoms with Crippen molar-refractivity contribution in [2.45, 2.75) is 20.8 Å². The van der Waals surface area contributed by atoms with Crippen LogP contribution in [0.2, 0.25) is 0 Å². The Hall–Kier alpha value is -1.14. The van der Waals surface area contributed by atoms with E-state index in [9.17, 15) is 0 Å². The first-order chi connectivity index (χ1) is 9.71. The molecule has 0 saturated carbocycles. The van der Waals surface area contributed by atoms with Crippen molar-refractivity contribution in [2.75, 3.05) is 26.9 Å². The lowest BCUT2D eigenvalue weighted by atomic mass is 10.2. The van der Waals surface area contributed by atoms with Gasteiger partial charge in [-0.3, -0.25) is 0 Å². The highest BCUT2D eigenvalue weighted by Crippen LogP contribution is 2.21. The second kappa shape index (κ2) is 8.92. The van der Waals surface area contributed by atoms with Crippen molar-refractivity contribution in [3.63, 3.8) is 0 Å². The largest absolute Gasteiger partial charge is 0.529 e. The van der Waals surface area contributed by atoms with Crippen LogP contribution in [0.3, 0.4) is 0 Å². The molecular formula is C15H24O4Si. The van der Waals surface area contributed by atoms with E-state index in [1.807, 2.05) is 56.8 Å². The number of ether oxygens (including phenoxy) is 1. The van der Waals surface area contributed by atoms with Gasteiger partial charge in [0, 0.05) is 25.4 Å². The molecule has 0 heterocycles. The van der Waals surface area contributed by atoms with Crippen molar-refractivity contribution in [1.29, 1.82) is 0 Å². The van der Waals surface area contributed by atoms with Gasteiger partial charge in [0.15, 0.2) is 0 Å². The Bertz CT molecular complexity index is 403. The van der Waals surface area contributed by atoms with Crippen LogP contribution < -0.4 is 4.74 Å². The van der Waals surface area contributed by atoms with E-state index in [-0.39, 0.29) is 0 Å². The van der Waals surface area contributed by atoms with Gasteiger partial charge < -0.3 is 18.0 Å². The number of rotatable bonds is 9. The van der Waals surface area contributed by atoms with Crippen LogP contribution in [-0.4, -0.2) is 35.7 Å². The molecule has 5 heteroatoms. The van der Waals surface area contributed by atoms with Gasteiger partial charge in [-0.05, 0) is 32.5 Å². The van der Waals surface area contributed by atoms with Crippen LogP contribution in [0.15, 0.2) is 30.0 Å². The summed E-state index contributed by atoms with van der Waals surface area (Å²) in [5, 5.41) is 0. The SMILES string of the molecule is CCO[Si](/C=C/c1ccccc1OC)(OCC)OCC.